The maximum atomic E-state index is 12.3. The van der Waals surface area contributed by atoms with E-state index in [0.29, 0.717) is 12.5 Å². The van der Waals surface area contributed by atoms with Crippen LogP contribution in [0.3, 0.4) is 0 Å². The number of benzene rings is 3. The van der Waals surface area contributed by atoms with Gasteiger partial charge in [0.1, 0.15) is 12.4 Å². The van der Waals surface area contributed by atoms with E-state index < -0.39 is 0 Å². The van der Waals surface area contributed by atoms with E-state index in [1.807, 2.05) is 42.5 Å². The first-order valence-electron chi connectivity index (χ1n) is 10.4. The lowest BCUT2D eigenvalue weighted by Gasteiger charge is -2.34. The van der Waals surface area contributed by atoms with Gasteiger partial charge in [0.25, 0.3) is 0 Å². The average Bonchev–Trinajstić information content (AvgIpc) is 2.81. The van der Waals surface area contributed by atoms with Gasteiger partial charge in [-0.3, -0.25) is 0 Å². The second kappa shape index (κ2) is 9.49. The van der Waals surface area contributed by atoms with Crippen LogP contribution in [-0.4, -0.2) is 19.7 Å². The number of aryl methyl sites for hydroxylation is 1. The van der Waals surface area contributed by atoms with Crippen molar-refractivity contribution in [1.82, 2.24) is 5.32 Å². The van der Waals surface area contributed by atoms with Crippen molar-refractivity contribution in [3.05, 3.63) is 101 Å². The van der Waals surface area contributed by atoms with Crippen molar-refractivity contribution in [1.29, 1.82) is 0 Å². The lowest BCUT2D eigenvalue weighted by molar-refractivity contribution is 0.137. The van der Waals surface area contributed by atoms with E-state index >= 15 is 0 Å². The second-order valence-electron chi connectivity index (χ2n) is 7.69. The van der Waals surface area contributed by atoms with Gasteiger partial charge in [0.2, 0.25) is 0 Å². The number of methoxy groups -OCH3 is 1. The molecule has 1 N–H and O–H groups in total. The van der Waals surface area contributed by atoms with Crippen LogP contribution in [0.5, 0.6) is 5.75 Å². The van der Waals surface area contributed by atoms with Crippen molar-refractivity contribution in [2.24, 2.45) is 5.92 Å². The molecule has 0 saturated carbocycles. The fraction of sp³-hybridized carbons (Fsp3) is 0.269. The number of amides is 1. The van der Waals surface area contributed by atoms with Crippen LogP contribution < -0.4 is 10.1 Å². The Labute approximate surface area is 177 Å². The predicted molar refractivity (Wildman–Crippen MR) is 118 cm³/mol. The van der Waals surface area contributed by atoms with Crippen LogP contribution in [0.2, 0.25) is 0 Å². The van der Waals surface area contributed by atoms with Gasteiger partial charge in [-0.15, -0.1) is 0 Å². The number of carbonyl (C=O) groups is 1. The number of nitrogens with one attached hydrogen (secondary N) is 1. The third-order valence-electron chi connectivity index (χ3n) is 5.82. The molecule has 1 aliphatic rings. The quantitative estimate of drug-likeness (QED) is 0.608. The summed E-state index contributed by atoms with van der Waals surface area (Å²) in [7, 11) is 1.70. The minimum absolute atomic E-state index is 0.232. The van der Waals surface area contributed by atoms with Crippen LogP contribution in [0.15, 0.2) is 78.9 Å². The molecule has 154 valence electrons. The Kier molecular flexibility index (Phi) is 6.33. The number of ether oxygens (including phenoxy) is 2. The lowest BCUT2D eigenvalue weighted by Crippen LogP contribution is -2.35. The van der Waals surface area contributed by atoms with Crippen molar-refractivity contribution in [2.75, 3.05) is 13.7 Å². The number of hydrogen-bond acceptors (Lipinski definition) is 3. The molecule has 1 amide bonds. The summed E-state index contributed by atoms with van der Waals surface area (Å²) in [5, 5.41) is 2.99. The highest BCUT2D eigenvalue weighted by Crippen LogP contribution is 2.41. The average molecular weight is 402 g/mol. The molecule has 4 heteroatoms. The van der Waals surface area contributed by atoms with Gasteiger partial charge in [-0.2, -0.15) is 0 Å². The minimum atomic E-state index is -0.369. The molecule has 30 heavy (non-hydrogen) atoms. The van der Waals surface area contributed by atoms with Gasteiger partial charge in [0.15, 0.2) is 0 Å². The molecule has 2 atom stereocenters. The van der Waals surface area contributed by atoms with E-state index in [4.69, 9.17) is 9.47 Å². The van der Waals surface area contributed by atoms with E-state index in [9.17, 15) is 4.79 Å². The van der Waals surface area contributed by atoms with Crippen LogP contribution in [-0.2, 0) is 17.8 Å². The third kappa shape index (κ3) is 4.65. The molecular formula is C26H27NO3. The van der Waals surface area contributed by atoms with Gasteiger partial charge in [-0.1, -0.05) is 66.7 Å². The van der Waals surface area contributed by atoms with Crippen molar-refractivity contribution in [2.45, 2.75) is 25.4 Å². The standard InChI is InChI=1S/C26H27NO3/c1-29-23-14-15-24-21(16-23)12-13-22(25(24)20-10-6-3-7-11-20)17-27-26(28)30-18-19-8-4-2-5-9-19/h2-11,14-16,22,25H,12-13,17-18H2,1H3,(H,27,28)/t22-,25+/m1/s1. The molecule has 0 saturated heterocycles. The number of fused-ring (bicyclic) bond motifs is 1. The smallest absolute Gasteiger partial charge is 0.407 e. The van der Waals surface area contributed by atoms with Gasteiger partial charge < -0.3 is 14.8 Å². The van der Waals surface area contributed by atoms with Crippen molar-refractivity contribution in [3.8, 4) is 5.75 Å². The first kappa shape index (κ1) is 20.0. The van der Waals surface area contributed by atoms with Gasteiger partial charge in [0.05, 0.1) is 7.11 Å². The lowest BCUT2D eigenvalue weighted by atomic mass is 9.72. The van der Waals surface area contributed by atoms with E-state index in [0.717, 1.165) is 24.2 Å². The Balaban J connectivity index is 1.47. The summed E-state index contributed by atoms with van der Waals surface area (Å²) >= 11 is 0. The fourth-order valence-corrected chi connectivity index (χ4v) is 4.31. The normalized spacial score (nSPS) is 17.6. The maximum absolute atomic E-state index is 12.3. The van der Waals surface area contributed by atoms with E-state index in [1.165, 1.54) is 16.7 Å². The van der Waals surface area contributed by atoms with Crippen LogP contribution >= 0.6 is 0 Å². The van der Waals surface area contributed by atoms with E-state index in [-0.39, 0.29) is 18.6 Å². The Morgan fingerprint density at radius 1 is 1.00 bits per heavy atom. The molecule has 0 unspecified atom stereocenters. The highest BCUT2D eigenvalue weighted by Gasteiger charge is 2.31. The van der Waals surface area contributed by atoms with Crippen LogP contribution in [0.4, 0.5) is 4.79 Å². The Bertz CT molecular complexity index is 972. The SMILES string of the molecule is COc1ccc2c(c1)CC[C@H](CNC(=O)OCc1ccccc1)[C@@H]2c1ccccc1. The molecule has 4 rings (SSSR count). The molecule has 0 bridgehead atoms. The zero-order valence-corrected chi connectivity index (χ0v) is 17.2. The molecular weight excluding hydrogens is 374 g/mol. The van der Waals surface area contributed by atoms with Gasteiger partial charge in [0, 0.05) is 12.5 Å². The number of carbonyl (C=O) groups excluding carboxylic acids is 1. The fourth-order valence-electron chi connectivity index (χ4n) is 4.31. The topological polar surface area (TPSA) is 47.6 Å². The molecule has 0 aliphatic heterocycles. The summed E-state index contributed by atoms with van der Waals surface area (Å²) in [4.78, 5) is 12.3. The number of alkyl carbamates (subject to hydrolysis) is 1. The van der Waals surface area contributed by atoms with Crippen LogP contribution in [0.1, 0.15) is 34.6 Å². The zero-order valence-electron chi connectivity index (χ0n) is 17.2. The molecule has 1 aliphatic carbocycles. The highest BCUT2D eigenvalue weighted by molar-refractivity contribution is 5.67. The summed E-state index contributed by atoms with van der Waals surface area (Å²) in [6.07, 6.45) is 1.60. The minimum Gasteiger partial charge on any atom is -0.497 e. The van der Waals surface area contributed by atoms with Crippen LogP contribution in [0, 0.1) is 5.92 Å². The van der Waals surface area contributed by atoms with Gasteiger partial charge in [-0.25, -0.2) is 4.79 Å². The molecule has 0 spiro atoms. The molecule has 3 aromatic rings. The second-order valence-corrected chi connectivity index (χ2v) is 7.69. The third-order valence-corrected chi connectivity index (χ3v) is 5.82. The summed E-state index contributed by atoms with van der Waals surface area (Å²) < 4.78 is 10.8. The highest BCUT2D eigenvalue weighted by atomic mass is 16.5. The maximum Gasteiger partial charge on any atom is 0.407 e. The Hall–Kier alpha value is -3.27. The number of hydrogen-bond donors (Lipinski definition) is 1. The first-order chi connectivity index (χ1) is 14.7. The largest absolute Gasteiger partial charge is 0.497 e. The monoisotopic (exact) mass is 401 g/mol. The van der Waals surface area contributed by atoms with Crippen molar-refractivity contribution < 1.29 is 14.3 Å². The summed E-state index contributed by atoms with van der Waals surface area (Å²) in [6.45, 7) is 0.862. The van der Waals surface area contributed by atoms with Gasteiger partial charge >= 0.3 is 6.09 Å². The van der Waals surface area contributed by atoms with Crippen molar-refractivity contribution in [3.63, 3.8) is 0 Å². The molecule has 0 fully saturated rings. The van der Waals surface area contributed by atoms with E-state index in [2.05, 4.69) is 41.7 Å². The molecule has 0 radical (unpaired) electrons. The first-order valence-corrected chi connectivity index (χ1v) is 10.4. The summed E-state index contributed by atoms with van der Waals surface area (Å²) in [5.41, 5.74) is 4.90. The Morgan fingerprint density at radius 3 is 2.47 bits per heavy atom. The molecule has 4 nitrogen and oxygen atoms in total. The molecule has 3 aromatic carbocycles. The summed E-state index contributed by atoms with van der Waals surface area (Å²) in [5.74, 6) is 1.43. The summed E-state index contributed by atoms with van der Waals surface area (Å²) in [6, 6.07) is 26.6. The molecule has 0 aromatic heterocycles. The van der Waals surface area contributed by atoms with E-state index in [1.54, 1.807) is 7.11 Å². The van der Waals surface area contributed by atoms with Gasteiger partial charge in [-0.05, 0) is 53.1 Å². The Morgan fingerprint density at radius 2 is 1.73 bits per heavy atom. The predicted octanol–water partition coefficient (Wildman–Crippen LogP) is 5.32. The zero-order chi connectivity index (χ0) is 20.8. The van der Waals surface area contributed by atoms with Crippen LogP contribution in [0.25, 0.3) is 0 Å². The van der Waals surface area contributed by atoms with Crippen molar-refractivity contribution >= 4 is 6.09 Å². The number of rotatable bonds is 6. The molecule has 0 heterocycles.